The molecule has 2 N–H and O–H groups in total. The van der Waals surface area contributed by atoms with Crippen molar-refractivity contribution in [2.75, 3.05) is 18.4 Å². The Kier molecular flexibility index (Phi) is 5.52. The van der Waals surface area contributed by atoms with Gasteiger partial charge in [-0.3, -0.25) is 4.79 Å². The van der Waals surface area contributed by atoms with Crippen molar-refractivity contribution >= 4 is 34.5 Å². The predicted octanol–water partition coefficient (Wildman–Crippen LogP) is 2.88. The van der Waals surface area contributed by atoms with Gasteiger partial charge in [0.2, 0.25) is 5.91 Å². The van der Waals surface area contributed by atoms with Crippen molar-refractivity contribution < 1.29 is 4.79 Å². The van der Waals surface area contributed by atoms with E-state index in [-0.39, 0.29) is 12.5 Å². The minimum absolute atomic E-state index is 0.0678. The fourth-order valence-corrected chi connectivity index (χ4v) is 2.45. The molecule has 106 valence electrons. The van der Waals surface area contributed by atoms with E-state index in [0.29, 0.717) is 5.02 Å². The highest BCUT2D eigenvalue weighted by molar-refractivity contribution is 7.09. The van der Waals surface area contributed by atoms with Crippen LogP contribution in [0.15, 0.2) is 29.6 Å². The Morgan fingerprint density at radius 3 is 2.75 bits per heavy atom. The minimum Gasteiger partial charge on any atom is -0.325 e. The highest BCUT2D eigenvalue weighted by Crippen LogP contribution is 2.13. The van der Waals surface area contributed by atoms with Crippen molar-refractivity contribution in [3.05, 3.63) is 45.4 Å². The van der Waals surface area contributed by atoms with Crippen molar-refractivity contribution in [2.45, 2.75) is 13.3 Å². The first-order chi connectivity index (χ1) is 9.63. The zero-order valence-corrected chi connectivity index (χ0v) is 12.7. The van der Waals surface area contributed by atoms with Crippen LogP contribution in [-0.4, -0.2) is 24.0 Å². The lowest BCUT2D eigenvalue weighted by molar-refractivity contribution is -0.115. The number of nitrogens with zero attached hydrogens (tertiary/aromatic N) is 1. The Morgan fingerprint density at radius 2 is 2.10 bits per heavy atom. The summed E-state index contributed by atoms with van der Waals surface area (Å²) in [6.45, 7) is 3.00. The van der Waals surface area contributed by atoms with Gasteiger partial charge in [-0.25, -0.2) is 4.98 Å². The zero-order chi connectivity index (χ0) is 14.4. The molecule has 2 rings (SSSR count). The van der Waals surface area contributed by atoms with Crippen LogP contribution in [-0.2, 0) is 11.2 Å². The summed E-state index contributed by atoms with van der Waals surface area (Å²) in [6, 6.07) is 7.04. The maximum absolute atomic E-state index is 11.7. The van der Waals surface area contributed by atoms with Crippen molar-refractivity contribution in [3.8, 4) is 0 Å². The zero-order valence-electron chi connectivity index (χ0n) is 11.1. The molecule has 1 amide bonds. The van der Waals surface area contributed by atoms with E-state index in [1.54, 1.807) is 35.6 Å². The average molecular weight is 310 g/mol. The van der Waals surface area contributed by atoms with Crippen LogP contribution in [0.25, 0.3) is 0 Å². The van der Waals surface area contributed by atoms with Crippen molar-refractivity contribution in [1.82, 2.24) is 10.3 Å². The average Bonchev–Trinajstić information content (AvgIpc) is 2.83. The molecule has 0 fully saturated rings. The standard InChI is InChI=1S/C14H16ClN3OS/c1-10-17-13(9-20-10)6-7-16-8-14(19)18-12-4-2-11(15)3-5-12/h2-5,9,16H,6-8H2,1H3,(H,18,19). The predicted molar refractivity (Wildman–Crippen MR) is 83.5 cm³/mol. The number of aromatic nitrogens is 1. The summed E-state index contributed by atoms with van der Waals surface area (Å²) in [5.41, 5.74) is 1.81. The number of aryl methyl sites for hydroxylation is 1. The smallest absolute Gasteiger partial charge is 0.238 e. The molecule has 1 aromatic carbocycles. The lowest BCUT2D eigenvalue weighted by Gasteiger charge is -2.06. The number of hydrogen-bond acceptors (Lipinski definition) is 4. The number of nitrogens with one attached hydrogen (secondary N) is 2. The van der Waals surface area contributed by atoms with Gasteiger partial charge in [-0.2, -0.15) is 0 Å². The summed E-state index contributed by atoms with van der Waals surface area (Å²) in [5, 5.41) is 9.67. The van der Waals surface area contributed by atoms with Crippen LogP contribution in [0.1, 0.15) is 10.7 Å². The lowest BCUT2D eigenvalue weighted by Crippen LogP contribution is -2.29. The molecule has 1 aromatic heterocycles. The number of carbonyl (C=O) groups excluding carboxylic acids is 1. The third-order valence-corrected chi connectivity index (χ3v) is 3.71. The van der Waals surface area contributed by atoms with E-state index in [4.69, 9.17) is 11.6 Å². The lowest BCUT2D eigenvalue weighted by atomic mass is 10.3. The van der Waals surface area contributed by atoms with Crippen molar-refractivity contribution in [3.63, 3.8) is 0 Å². The highest BCUT2D eigenvalue weighted by Gasteiger charge is 2.02. The SMILES string of the molecule is Cc1nc(CCNCC(=O)Nc2ccc(Cl)cc2)cs1. The molecule has 0 saturated heterocycles. The van der Waals surface area contributed by atoms with Gasteiger partial charge in [0.15, 0.2) is 0 Å². The quantitative estimate of drug-likeness (QED) is 0.807. The normalized spacial score (nSPS) is 10.5. The van der Waals surface area contributed by atoms with Gasteiger partial charge in [-0.05, 0) is 31.2 Å². The molecule has 1 heterocycles. The second-order valence-corrected chi connectivity index (χ2v) is 5.84. The van der Waals surface area contributed by atoms with E-state index in [9.17, 15) is 4.79 Å². The summed E-state index contributed by atoms with van der Waals surface area (Å²) in [6.07, 6.45) is 0.832. The van der Waals surface area contributed by atoms with Crippen LogP contribution in [0.5, 0.6) is 0 Å². The fourth-order valence-electron chi connectivity index (χ4n) is 1.68. The molecule has 0 aliphatic rings. The monoisotopic (exact) mass is 309 g/mol. The van der Waals surface area contributed by atoms with Gasteiger partial charge < -0.3 is 10.6 Å². The molecule has 0 aliphatic carbocycles. The molecule has 2 aromatic rings. The Bertz CT molecular complexity index is 568. The largest absolute Gasteiger partial charge is 0.325 e. The molecule has 0 spiro atoms. The van der Waals surface area contributed by atoms with Gasteiger partial charge in [0, 0.05) is 29.1 Å². The van der Waals surface area contributed by atoms with E-state index < -0.39 is 0 Å². The second-order valence-electron chi connectivity index (χ2n) is 4.34. The van der Waals surface area contributed by atoms with Crippen molar-refractivity contribution in [1.29, 1.82) is 0 Å². The Morgan fingerprint density at radius 1 is 1.35 bits per heavy atom. The first kappa shape index (κ1) is 15.0. The Labute approximate surface area is 127 Å². The highest BCUT2D eigenvalue weighted by atomic mass is 35.5. The van der Waals surface area contributed by atoms with E-state index >= 15 is 0 Å². The van der Waals surface area contributed by atoms with E-state index in [1.165, 1.54) is 0 Å². The van der Waals surface area contributed by atoms with Gasteiger partial charge in [0.25, 0.3) is 0 Å². The van der Waals surface area contributed by atoms with Crippen molar-refractivity contribution in [2.24, 2.45) is 0 Å². The van der Waals surface area contributed by atoms with Gasteiger partial charge in [0.1, 0.15) is 0 Å². The van der Waals surface area contributed by atoms with E-state index in [0.717, 1.165) is 29.4 Å². The molecule has 4 nitrogen and oxygen atoms in total. The Balaban J connectivity index is 1.66. The number of anilines is 1. The third kappa shape index (κ3) is 4.92. The number of benzene rings is 1. The fraction of sp³-hybridized carbons (Fsp3) is 0.286. The molecule has 0 saturated carbocycles. The molecule has 0 bridgehead atoms. The van der Waals surface area contributed by atoms with Crippen LogP contribution in [0.2, 0.25) is 5.02 Å². The first-order valence-electron chi connectivity index (χ1n) is 6.30. The first-order valence-corrected chi connectivity index (χ1v) is 7.56. The second kappa shape index (κ2) is 7.38. The van der Waals surface area contributed by atoms with Gasteiger partial charge in [0.05, 0.1) is 17.2 Å². The molecule has 6 heteroatoms. The van der Waals surface area contributed by atoms with Crippen LogP contribution in [0.3, 0.4) is 0 Å². The maximum Gasteiger partial charge on any atom is 0.238 e. The summed E-state index contributed by atoms with van der Waals surface area (Å²) in [4.78, 5) is 16.1. The minimum atomic E-state index is -0.0678. The van der Waals surface area contributed by atoms with Crippen LogP contribution in [0, 0.1) is 6.92 Å². The van der Waals surface area contributed by atoms with E-state index in [1.807, 2.05) is 12.3 Å². The molecular weight excluding hydrogens is 294 g/mol. The van der Waals surface area contributed by atoms with Gasteiger partial charge in [-0.15, -0.1) is 11.3 Å². The van der Waals surface area contributed by atoms with Crippen LogP contribution < -0.4 is 10.6 Å². The number of hydrogen-bond donors (Lipinski definition) is 2. The molecule has 0 radical (unpaired) electrons. The maximum atomic E-state index is 11.7. The van der Waals surface area contributed by atoms with Crippen LogP contribution >= 0.6 is 22.9 Å². The molecular formula is C14H16ClN3OS. The third-order valence-electron chi connectivity index (χ3n) is 2.64. The number of halogens is 1. The number of amides is 1. The van der Waals surface area contributed by atoms with Gasteiger partial charge in [-0.1, -0.05) is 11.6 Å². The summed E-state index contributed by atoms with van der Waals surface area (Å²) in [5.74, 6) is -0.0678. The molecule has 0 atom stereocenters. The topological polar surface area (TPSA) is 54.0 Å². The summed E-state index contributed by atoms with van der Waals surface area (Å²) >= 11 is 7.42. The van der Waals surface area contributed by atoms with E-state index in [2.05, 4.69) is 15.6 Å². The number of carbonyl (C=O) groups is 1. The summed E-state index contributed by atoms with van der Waals surface area (Å²) < 4.78 is 0. The number of thiazole rings is 1. The number of rotatable bonds is 6. The van der Waals surface area contributed by atoms with Gasteiger partial charge >= 0.3 is 0 Å². The molecule has 20 heavy (non-hydrogen) atoms. The molecule has 0 aliphatic heterocycles. The summed E-state index contributed by atoms with van der Waals surface area (Å²) in [7, 11) is 0. The van der Waals surface area contributed by atoms with Crippen LogP contribution in [0.4, 0.5) is 5.69 Å². The molecule has 0 unspecified atom stereocenters. The Hall–Kier alpha value is -1.43.